The van der Waals surface area contributed by atoms with E-state index in [0.29, 0.717) is 11.5 Å². The molecule has 4 nitrogen and oxygen atoms in total. The lowest BCUT2D eigenvalue weighted by Crippen LogP contribution is -2.01. The summed E-state index contributed by atoms with van der Waals surface area (Å²) < 4.78 is 5.14. The molecular formula is C16H17N3O. The Morgan fingerprint density at radius 2 is 1.90 bits per heavy atom. The number of imidazole rings is 1. The monoisotopic (exact) mass is 267 g/mol. The van der Waals surface area contributed by atoms with Crippen molar-refractivity contribution in [1.82, 2.24) is 15.0 Å². The van der Waals surface area contributed by atoms with Gasteiger partial charge in [-0.1, -0.05) is 37.3 Å². The van der Waals surface area contributed by atoms with Crippen LogP contribution in [0.15, 0.2) is 42.5 Å². The highest BCUT2D eigenvalue weighted by Gasteiger charge is 2.16. The molecule has 0 amide bonds. The van der Waals surface area contributed by atoms with E-state index in [9.17, 15) is 0 Å². The summed E-state index contributed by atoms with van der Waals surface area (Å²) >= 11 is 0. The fourth-order valence-corrected chi connectivity index (χ4v) is 2.44. The van der Waals surface area contributed by atoms with Gasteiger partial charge in [0.25, 0.3) is 0 Å². The number of H-pyrrole nitrogens is 1. The molecule has 2 aromatic heterocycles. The van der Waals surface area contributed by atoms with Crippen LogP contribution >= 0.6 is 0 Å². The number of hydrogen-bond acceptors (Lipinski definition) is 3. The molecule has 0 saturated heterocycles. The molecule has 0 saturated carbocycles. The summed E-state index contributed by atoms with van der Waals surface area (Å²) in [5, 5.41) is 0. The molecule has 1 aromatic carbocycles. The van der Waals surface area contributed by atoms with Gasteiger partial charge in [0.1, 0.15) is 5.82 Å². The molecule has 0 spiro atoms. The van der Waals surface area contributed by atoms with Crippen LogP contribution < -0.4 is 4.74 Å². The minimum Gasteiger partial charge on any atom is -0.481 e. The maximum Gasteiger partial charge on any atom is 0.215 e. The highest BCUT2D eigenvalue weighted by molar-refractivity contribution is 5.71. The van der Waals surface area contributed by atoms with Gasteiger partial charge in [-0.2, -0.15) is 4.98 Å². The van der Waals surface area contributed by atoms with E-state index in [1.165, 1.54) is 5.56 Å². The third-order valence-electron chi connectivity index (χ3n) is 3.49. The van der Waals surface area contributed by atoms with E-state index in [-0.39, 0.29) is 5.92 Å². The number of aromatic nitrogens is 3. The molecule has 2 heterocycles. The maximum absolute atomic E-state index is 5.14. The van der Waals surface area contributed by atoms with Crippen LogP contribution in [-0.4, -0.2) is 22.1 Å². The van der Waals surface area contributed by atoms with Crippen molar-refractivity contribution in [2.45, 2.75) is 19.3 Å². The van der Waals surface area contributed by atoms with Crippen LogP contribution in [0.5, 0.6) is 5.88 Å². The van der Waals surface area contributed by atoms with Crippen LogP contribution in [0.4, 0.5) is 0 Å². The number of aromatic amines is 1. The number of ether oxygens (including phenoxy) is 1. The molecule has 0 bridgehead atoms. The first-order valence-corrected chi connectivity index (χ1v) is 6.77. The van der Waals surface area contributed by atoms with Gasteiger partial charge in [-0.15, -0.1) is 0 Å². The van der Waals surface area contributed by atoms with Crippen molar-refractivity contribution < 1.29 is 4.74 Å². The highest BCUT2D eigenvalue weighted by Crippen LogP contribution is 2.27. The van der Waals surface area contributed by atoms with Gasteiger partial charge < -0.3 is 9.72 Å². The molecule has 0 radical (unpaired) electrons. The van der Waals surface area contributed by atoms with Gasteiger partial charge in [-0.05, 0) is 18.1 Å². The van der Waals surface area contributed by atoms with Crippen LogP contribution in [0, 0.1) is 0 Å². The van der Waals surface area contributed by atoms with Crippen molar-refractivity contribution in [2.75, 3.05) is 7.11 Å². The molecule has 0 aliphatic heterocycles. The number of rotatable bonds is 4. The fraction of sp³-hybridized carbons (Fsp3) is 0.250. The van der Waals surface area contributed by atoms with E-state index in [2.05, 4.69) is 46.1 Å². The molecule has 102 valence electrons. The smallest absolute Gasteiger partial charge is 0.215 e. The summed E-state index contributed by atoms with van der Waals surface area (Å²) in [6.07, 6.45) is 0.987. The second-order valence-corrected chi connectivity index (χ2v) is 4.72. The quantitative estimate of drug-likeness (QED) is 0.787. The average molecular weight is 267 g/mol. The van der Waals surface area contributed by atoms with Crippen molar-refractivity contribution in [3.63, 3.8) is 0 Å². The first kappa shape index (κ1) is 12.7. The Morgan fingerprint density at radius 3 is 2.60 bits per heavy atom. The summed E-state index contributed by atoms with van der Waals surface area (Å²) in [4.78, 5) is 12.3. The predicted molar refractivity (Wildman–Crippen MR) is 79.0 cm³/mol. The Labute approximate surface area is 117 Å². The van der Waals surface area contributed by atoms with Crippen molar-refractivity contribution in [3.05, 3.63) is 53.9 Å². The molecule has 0 fully saturated rings. The third kappa shape index (κ3) is 2.25. The number of fused-ring (bicyclic) bond motifs is 1. The van der Waals surface area contributed by atoms with Gasteiger partial charge in [0.2, 0.25) is 5.88 Å². The van der Waals surface area contributed by atoms with E-state index in [1.807, 2.05) is 18.2 Å². The fourth-order valence-electron chi connectivity index (χ4n) is 2.44. The number of nitrogens with one attached hydrogen (secondary N) is 1. The lowest BCUT2D eigenvalue weighted by atomic mass is 9.96. The van der Waals surface area contributed by atoms with E-state index in [1.54, 1.807) is 7.11 Å². The van der Waals surface area contributed by atoms with Gasteiger partial charge in [0.05, 0.1) is 12.6 Å². The van der Waals surface area contributed by atoms with Crippen LogP contribution in [0.25, 0.3) is 11.2 Å². The second kappa shape index (κ2) is 5.33. The Balaban J connectivity index is 2.04. The Bertz CT molecular complexity index is 706. The van der Waals surface area contributed by atoms with Crippen LogP contribution in [0.3, 0.4) is 0 Å². The van der Waals surface area contributed by atoms with Crippen molar-refractivity contribution in [1.29, 1.82) is 0 Å². The molecule has 3 rings (SSSR count). The number of pyridine rings is 1. The van der Waals surface area contributed by atoms with Gasteiger partial charge >= 0.3 is 0 Å². The predicted octanol–water partition coefficient (Wildman–Crippen LogP) is 3.51. The van der Waals surface area contributed by atoms with Crippen LogP contribution in [-0.2, 0) is 0 Å². The zero-order chi connectivity index (χ0) is 13.9. The van der Waals surface area contributed by atoms with Crippen LogP contribution in [0.2, 0.25) is 0 Å². The Morgan fingerprint density at radius 1 is 1.10 bits per heavy atom. The zero-order valence-electron chi connectivity index (χ0n) is 11.6. The molecule has 20 heavy (non-hydrogen) atoms. The standard InChI is InChI=1S/C16H17N3O/c1-3-12(11-7-5-4-6-8-11)15-17-13-9-10-14(20-2)18-16(13)19-15/h4-10,12H,3H2,1-2H3,(H,17,18,19). The molecule has 1 N–H and O–H groups in total. The average Bonchev–Trinajstić information content (AvgIpc) is 2.91. The first-order valence-electron chi connectivity index (χ1n) is 6.77. The summed E-state index contributed by atoms with van der Waals surface area (Å²) in [6, 6.07) is 14.2. The second-order valence-electron chi connectivity index (χ2n) is 4.72. The molecule has 0 aliphatic rings. The minimum atomic E-state index is 0.261. The van der Waals surface area contributed by atoms with Crippen molar-refractivity contribution in [3.8, 4) is 5.88 Å². The van der Waals surface area contributed by atoms with Crippen LogP contribution in [0.1, 0.15) is 30.7 Å². The summed E-state index contributed by atoms with van der Waals surface area (Å²) in [6.45, 7) is 2.17. The minimum absolute atomic E-state index is 0.261. The van der Waals surface area contributed by atoms with E-state index < -0.39 is 0 Å². The largest absolute Gasteiger partial charge is 0.481 e. The lowest BCUT2D eigenvalue weighted by molar-refractivity contribution is 0.399. The SMILES string of the molecule is CCC(c1ccccc1)c1nc2nc(OC)ccc2[nH]1. The lowest BCUT2D eigenvalue weighted by Gasteiger charge is -2.11. The third-order valence-corrected chi connectivity index (χ3v) is 3.49. The van der Waals surface area contributed by atoms with E-state index in [4.69, 9.17) is 4.74 Å². The van der Waals surface area contributed by atoms with Crippen molar-refractivity contribution in [2.24, 2.45) is 0 Å². The molecule has 3 aromatic rings. The van der Waals surface area contributed by atoms with Gasteiger partial charge in [0.15, 0.2) is 5.65 Å². The molecule has 0 aliphatic carbocycles. The molecule has 1 atom stereocenters. The zero-order valence-corrected chi connectivity index (χ0v) is 11.6. The van der Waals surface area contributed by atoms with Crippen molar-refractivity contribution >= 4 is 11.2 Å². The first-order chi connectivity index (χ1) is 9.81. The molecule has 4 heteroatoms. The number of nitrogens with zero attached hydrogens (tertiary/aromatic N) is 2. The Kier molecular flexibility index (Phi) is 3.37. The number of hydrogen-bond donors (Lipinski definition) is 1. The summed E-state index contributed by atoms with van der Waals surface area (Å²) in [7, 11) is 1.61. The number of methoxy groups -OCH3 is 1. The normalized spacial score (nSPS) is 12.5. The summed E-state index contributed by atoms with van der Waals surface area (Å²) in [5.41, 5.74) is 2.91. The number of benzene rings is 1. The maximum atomic E-state index is 5.14. The van der Waals surface area contributed by atoms with Gasteiger partial charge in [-0.25, -0.2) is 4.98 Å². The molecular weight excluding hydrogens is 250 g/mol. The van der Waals surface area contributed by atoms with Gasteiger partial charge in [0, 0.05) is 12.0 Å². The molecule has 1 unspecified atom stereocenters. The van der Waals surface area contributed by atoms with Gasteiger partial charge in [-0.3, -0.25) is 0 Å². The van der Waals surface area contributed by atoms with E-state index >= 15 is 0 Å². The Hall–Kier alpha value is -2.36. The highest BCUT2D eigenvalue weighted by atomic mass is 16.5. The topological polar surface area (TPSA) is 50.8 Å². The summed E-state index contributed by atoms with van der Waals surface area (Å²) in [5.74, 6) is 1.80. The van der Waals surface area contributed by atoms with E-state index in [0.717, 1.165) is 17.8 Å².